The standard InChI is InChI=1S/C20H22FN7O/c21-15-4-6-16(7-5-15)27-11-13-28(14-12-27)20(22)24-10-8-18-25-19(29-26-18)17-3-1-2-9-23-17/h1-7,9H,8,10-14H2,(H2,22,24). The van der Waals surface area contributed by atoms with Crippen molar-refractivity contribution < 1.29 is 8.91 Å². The van der Waals surface area contributed by atoms with E-state index in [2.05, 4.69) is 29.9 Å². The second-order valence-corrected chi connectivity index (χ2v) is 6.67. The third-order valence-electron chi connectivity index (χ3n) is 4.76. The number of nitrogens with two attached hydrogens (primary N) is 1. The SMILES string of the molecule is NC(=NCCc1noc(-c2ccccn2)n1)N1CCN(c2ccc(F)cc2)CC1. The molecule has 1 aromatic carbocycles. The smallest absolute Gasteiger partial charge is 0.276 e. The molecule has 0 radical (unpaired) electrons. The van der Waals surface area contributed by atoms with Gasteiger partial charge in [0.05, 0.1) is 0 Å². The fourth-order valence-corrected chi connectivity index (χ4v) is 3.16. The molecule has 1 aliphatic rings. The number of hydrogen-bond donors (Lipinski definition) is 1. The number of pyridine rings is 1. The molecule has 2 aromatic heterocycles. The van der Waals surface area contributed by atoms with E-state index in [4.69, 9.17) is 10.3 Å². The van der Waals surface area contributed by atoms with Gasteiger partial charge in [0.25, 0.3) is 5.89 Å². The van der Waals surface area contributed by atoms with E-state index < -0.39 is 0 Å². The monoisotopic (exact) mass is 395 g/mol. The summed E-state index contributed by atoms with van der Waals surface area (Å²) in [5.41, 5.74) is 7.81. The van der Waals surface area contributed by atoms with E-state index in [9.17, 15) is 4.39 Å². The predicted molar refractivity (Wildman–Crippen MR) is 108 cm³/mol. The Hall–Kier alpha value is -3.49. The summed E-state index contributed by atoms with van der Waals surface area (Å²) < 4.78 is 18.3. The summed E-state index contributed by atoms with van der Waals surface area (Å²) in [5.74, 6) is 1.26. The highest BCUT2D eigenvalue weighted by Gasteiger charge is 2.18. The lowest BCUT2D eigenvalue weighted by atomic mass is 10.2. The van der Waals surface area contributed by atoms with Gasteiger partial charge in [-0.3, -0.25) is 9.98 Å². The van der Waals surface area contributed by atoms with Crippen LogP contribution >= 0.6 is 0 Å². The molecule has 150 valence electrons. The summed E-state index contributed by atoms with van der Waals surface area (Å²) in [6, 6.07) is 12.1. The molecule has 4 rings (SSSR count). The first-order chi connectivity index (χ1) is 14.2. The van der Waals surface area contributed by atoms with Crippen LogP contribution in [0.3, 0.4) is 0 Å². The molecule has 1 aliphatic heterocycles. The molecule has 1 fully saturated rings. The lowest BCUT2D eigenvalue weighted by Crippen LogP contribution is -2.51. The maximum atomic E-state index is 13.1. The summed E-state index contributed by atoms with van der Waals surface area (Å²) in [4.78, 5) is 17.2. The first kappa shape index (κ1) is 18.9. The van der Waals surface area contributed by atoms with Crippen LogP contribution in [0.5, 0.6) is 0 Å². The Morgan fingerprint density at radius 3 is 2.62 bits per heavy atom. The van der Waals surface area contributed by atoms with Crippen molar-refractivity contribution in [3.63, 3.8) is 0 Å². The molecule has 0 bridgehead atoms. The van der Waals surface area contributed by atoms with E-state index in [1.807, 2.05) is 18.2 Å². The van der Waals surface area contributed by atoms with Crippen LogP contribution in [0.4, 0.5) is 10.1 Å². The van der Waals surface area contributed by atoms with E-state index >= 15 is 0 Å². The minimum Gasteiger partial charge on any atom is -0.370 e. The number of halogens is 1. The minimum atomic E-state index is -0.225. The maximum Gasteiger partial charge on any atom is 0.276 e. The van der Waals surface area contributed by atoms with Gasteiger partial charge in [-0.25, -0.2) is 4.39 Å². The molecule has 8 nitrogen and oxygen atoms in total. The Kier molecular flexibility index (Phi) is 5.64. The van der Waals surface area contributed by atoms with Crippen molar-refractivity contribution in [1.29, 1.82) is 0 Å². The third-order valence-corrected chi connectivity index (χ3v) is 4.76. The number of hydrogen-bond acceptors (Lipinski definition) is 6. The molecular weight excluding hydrogens is 373 g/mol. The highest BCUT2D eigenvalue weighted by molar-refractivity contribution is 5.78. The quantitative estimate of drug-likeness (QED) is 0.521. The van der Waals surface area contributed by atoms with Gasteiger partial charge in [0.15, 0.2) is 11.8 Å². The molecule has 29 heavy (non-hydrogen) atoms. The minimum absolute atomic E-state index is 0.225. The Balaban J connectivity index is 1.27. The molecule has 0 saturated carbocycles. The largest absolute Gasteiger partial charge is 0.370 e. The zero-order valence-electron chi connectivity index (χ0n) is 15.9. The second kappa shape index (κ2) is 8.68. The molecule has 0 amide bonds. The van der Waals surface area contributed by atoms with Gasteiger partial charge in [-0.1, -0.05) is 11.2 Å². The Labute approximate surface area is 167 Å². The fraction of sp³-hybridized carbons (Fsp3) is 0.300. The zero-order chi connectivity index (χ0) is 20.1. The van der Waals surface area contributed by atoms with Gasteiger partial charge in [-0.2, -0.15) is 4.98 Å². The maximum absolute atomic E-state index is 13.1. The average Bonchev–Trinajstić information content (AvgIpc) is 3.24. The van der Waals surface area contributed by atoms with Crippen molar-refractivity contribution in [2.75, 3.05) is 37.6 Å². The number of aromatic nitrogens is 3. The van der Waals surface area contributed by atoms with Crippen LogP contribution in [0.15, 0.2) is 58.2 Å². The fourth-order valence-electron chi connectivity index (χ4n) is 3.16. The highest BCUT2D eigenvalue weighted by Crippen LogP contribution is 2.17. The van der Waals surface area contributed by atoms with Crippen LogP contribution in [-0.4, -0.2) is 58.7 Å². The van der Waals surface area contributed by atoms with Crippen molar-refractivity contribution in [3.8, 4) is 11.6 Å². The van der Waals surface area contributed by atoms with Crippen LogP contribution < -0.4 is 10.6 Å². The van der Waals surface area contributed by atoms with Crippen LogP contribution in [-0.2, 0) is 6.42 Å². The Morgan fingerprint density at radius 1 is 1.10 bits per heavy atom. The molecule has 0 unspecified atom stereocenters. The van der Waals surface area contributed by atoms with Gasteiger partial charge in [0, 0.05) is 51.0 Å². The number of aliphatic imine (C=N–C) groups is 1. The van der Waals surface area contributed by atoms with Gasteiger partial charge in [-0.15, -0.1) is 0 Å². The molecule has 2 N–H and O–H groups in total. The molecule has 3 aromatic rings. The summed E-state index contributed by atoms with van der Waals surface area (Å²) in [6.45, 7) is 3.61. The first-order valence-electron chi connectivity index (χ1n) is 9.48. The van der Waals surface area contributed by atoms with Gasteiger partial charge in [0.1, 0.15) is 11.5 Å². The molecule has 0 aliphatic carbocycles. The predicted octanol–water partition coefficient (Wildman–Crippen LogP) is 1.95. The lowest BCUT2D eigenvalue weighted by Gasteiger charge is -2.36. The van der Waals surface area contributed by atoms with E-state index in [0.717, 1.165) is 31.9 Å². The normalized spacial score (nSPS) is 15.0. The summed E-state index contributed by atoms with van der Waals surface area (Å²) >= 11 is 0. The number of rotatable bonds is 5. The van der Waals surface area contributed by atoms with Gasteiger partial charge >= 0.3 is 0 Å². The summed E-state index contributed by atoms with van der Waals surface area (Å²) in [5, 5.41) is 3.97. The van der Waals surface area contributed by atoms with Crippen molar-refractivity contribution in [1.82, 2.24) is 20.0 Å². The van der Waals surface area contributed by atoms with Crippen molar-refractivity contribution in [3.05, 3.63) is 60.3 Å². The first-order valence-corrected chi connectivity index (χ1v) is 9.48. The second-order valence-electron chi connectivity index (χ2n) is 6.67. The topological polar surface area (TPSA) is 96.7 Å². The molecule has 0 spiro atoms. The molecular formula is C20H22FN7O. The van der Waals surface area contributed by atoms with Gasteiger partial charge < -0.3 is 20.1 Å². The van der Waals surface area contributed by atoms with Crippen LogP contribution in [0.1, 0.15) is 5.82 Å². The molecule has 9 heteroatoms. The molecule has 3 heterocycles. The lowest BCUT2D eigenvalue weighted by molar-refractivity contribution is 0.380. The molecule has 0 atom stereocenters. The van der Waals surface area contributed by atoms with E-state index in [1.54, 1.807) is 18.3 Å². The summed E-state index contributed by atoms with van der Waals surface area (Å²) in [7, 11) is 0. The van der Waals surface area contributed by atoms with Crippen molar-refractivity contribution in [2.24, 2.45) is 10.7 Å². The zero-order valence-corrected chi connectivity index (χ0v) is 15.9. The Morgan fingerprint density at radius 2 is 1.90 bits per heavy atom. The van der Waals surface area contributed by atoms with Crippen molar-refractivity contribution >= 4 is 11.6 Å². The third kappa shape index (κ3) is 4.68. The van der Waals surface area contributed by atoms with Crippen LogP contribution in [0, 0.1) is 5.82 Å². The van der Waals surface area contributed by atoms with E-state index in [0.29, 0.717) is 36.3 Å². The van der Waals surface area contributed by atoms with Gasteiger partial charge in [0.2, 0.25) is 0 Å². The highest BCUT2D eigenvalue weighted by atomic mass is 19.1. The number of guanidine groups is 1. The number of anilines is 1. The average molecular weight is 395 g/mol. The van der Waals surface area contributed by atoms with E-state index in [-0.39, 0.29) is 5.82 Å². The summed E-state index contributed by atoms with van der Waals surface area (Å²) in [6.07, 6.45) is 2.21. The van der Waals surface area contributed by atoms with Crippen LogP contribution in [0.2, 0.25) is 0 Å². The van der Waals surface area contributed by atoms with Crippen molar-refractivity contribution in [2.45, 2.75) is 6.42 Å². The molecule has 1 saturated heterocycles. The van der Waals surface area contributed by atoms with Gasteiger partial charge in [-0.05, 0) is 36.4 Å². The van der Waals surface area contributed by atoms with Crippen LogP contribution in [0.25, 0.3) is 11.6 Å². The van der Waals surface area contributed by atoms with E-state index in [1.165, 1.54) is 12.1 Å². The number of nitrogens with zero attached hydrogens (tertiary/aromatic N) is 6. The number of piperazine rings is 1. The Bertz CT molecular complexity index is 950. The number of benzene rings is 1.